The van der Waals surface area contributed by atoms with Crippen LogP contribution in [0.1, 0.15) is 0 Å². The molecule has 128 valence electrons. The van der Waals surface area contributed by atoms with Crippen LogP contribution in [-0.4, -0.2) is 59.6 Å². The molecule has 0 rings (SSSR count). The molecule has 23 heavy (non-hydrogen) atoms. The summed E-state index contributed by atoms with van der Waals surface area (Å²) >= 11 is 0. The third kappa shape index (κ3) is 8.59. The van der Waals surface area contributed by atoms with Crippen molar-refractivity contribution in [2.75, 3.05) is 39.3 Å². The van der Waals surface area contributed by atoms with Crippen LogP contribution < -0.4 is 24.0 Å². The van der Waals surface area contributed by atoms with Gasteiger partial charge in [0, 0.05) is 0 Å². The zero-order valence-corrected chi connectivity index (χ0v) is 16.3. The average molecular weight is 427 g/mol. The lowest BCUT2D eigenvalue weighted by Gasteiger charge is -2.28. The summed E-state index contributed by atoms with van der Waals surface area (Å²) in [6.45, 7) is 27.6. The number of hydrogen-bond donors (Lipinski definition) is 0. The zero-order valence-electron chi connectivity index (χ0n) is 14.2. The lowest BCUT2D eigenvalue weighted by molar-refractivity contribution is -0.517. The molecule has 0 atom stereocenters. The SMILES string of the molecule is C=CCN(CC=C)C(N(CC=C)CC=C)=[N+](CC=C)CC=C.[I-]. The maximum Gasteiger partial charge on any atom is 0.352 e. The van der Waals surface area contributed by atoms with Gasteiger partial charge in [0.15, 0.2) is 0 Å². The quantitative estimate of drug-likeness (QED) is 0.144. The Morgan fingerprint density at radius 2 is 0.913 bits per heavy atom. The van der Waals surface area contributed by atoms with Crippen molar-refractivity contribution in [2.45, 2.75) is 0 Å². The number of rotatable bonds is 12. The van der Waals surface area contributed by atoms with E-state index in [0.717, 1.165) is 45.2 Å². The van der Waals surface area contributed by atoms with Crippen LogP contribution in [0, 0.1) is 0 Å². The van der Waals surface area contributed by atoms with E-state index in [0.29, 0.717) is 0 Å². The molecule has 0 spiro atoms. The topological polar surface area (TPSA) is 9.49 Å². The average Bonchev–Trinajstić information content (AvgIpc) is 2.49. The van der Waals surface area contributed by atoms with Gasteiger partial charge < -0.3 is 24.0 Å². The molecule has 4 heteroatoms. The lowest BCUT2D eigenvalue weighted by atomic mass is 10.3. The maximum absolute atomic E-state index is 3.86. The largest absolute Gasteiger partial charge is 1.00 e. The molecule has 0 heterocycles. The van der Waals surface area contributed by atoms with Gasteiger partial charge in [0.2, 0.25) is 0 Å². The number of guanidine groups is 1. The van der Waals surface area contributed by atoms with Gasteiger partial charge in [-0.3, -0.25) is 14.4 Å². The molecule has 0 aromatic rings. The minimum Gasteiger partial charge on any atom is -1.00 e. The van der Waals surface area contributed by atoms with E-state index in [-0.39, 0.29) is 24.0 Å². The van der Waals surface area contributed by atoms with Crippen LogP contribution in [0.5, 0.6) is 0 Å². The third-order valence-electron chi connectivity index (χ3n) is 2.95. The van der Waals surface area contributed by atoms with Crippen molar-refractivity contribution in [3.63, 3.8) is 0 Å². The van der Waals surface area contributed by atoms with Gasteiger partial charge in [0.05, 0.1) is 39.3 Å². The molecule has 0 amide bonds. The summed E-state index contributed by atoms with van der Waals surface area (Å²) < 4.78 is 2.22. The molecule has 0 aliphatic carbocycles. The fraction of sp³-hybridized carbons (Fsp3) is 0.316. The van der Waals surface area contributed by atoms with E-state index in [2.05, 4.69) is 53.8 Å². The number of nitrogens with zero attached hydrogens (tertiary/aromatic N) is 3. The first kappa shape index (κ1) is 23.7. The first-order valence-electron chi connectivity index (χ1n) is 7.47. The van der Waals surface area contributed by atoms with Gasteiger partial charge in [-0.25, -0.2) is 0 Å². The van der Waals surface area contributed by atoms with Gasteiger partial charge in [-0.1, -0.05) is 75.9 Å². The van der Waals surface area contributed by atoms with Gasteiger partial charge in [-0.2, -0.15) is 0 Å². The van der Waals surface area contributed by atoms with E-state index in [9.17, 15) is 0 Å². The molecule has 0 bridgehead atoms. The predicted molar refractivity (Wildman–Crippen MR) is 99.3 cm³/mol. The second-order valence-corrected chi connectivity index (χ2v) is 4.75. The molecule has 0 fully saturated rings. The fourth-order valence-corrected chi connectivity index (χ4v) is 2.25. The van der Waals surface area contributed by atoms with Gasteiger partial charge >= 0.3 is 5.96 Å². The molecule has 0 aliphatic heterocycles. The van der Waals surface area contributed by atoms with Crippen molar-refractivity contribution in [2.24, 2.45) is 0 Å². The highest BCUT2D eigenvalue weighted by molar-refractivity contribution is 5.76. The Hall–Kier alpha value is -1.56. The molecule has 0 aromatic heterocycles. The normalized spacial score (nSPS) is 8.87. The molecular weight excluding hydrogens is 397 g/mol. The first-order valence-corrected chi connectivity index (χ1v) is 7.47. The predicted octanol–water partition coefficient (Wildman–Crippen LogP) is 0.0789. The van der Waals surface area contributed by atoms with Crippen LogP contribution in [0.2, 0.25) is 0 Å². The Balaban J connectivity index is 0. The van der Waals surface area contributed by atoms with Crippen LogP contribution in [0.3, 0.4) is 0 Å². The van der Waals surface area contributed by atoms with Crippen LogP contribution in [-0.2, 0) is 0 Å². The minimum absolute atomic E-state index is 0. The number of halogens is 1. The summed E-state index contributed by atoms with van der Waals surface area (Å²) in [4.78, 5) is 4.44. The van der Waals surface area contributed by atoms with E-state index in [1.807, 2.05) is 36.5 Å². The van der Waals surface area contributed by atoms with Crippen molar-refractivity contribution in [1.82, 2.24) is 9.80 Å². The van der Waals surface area contributed by atoms with E-state index in [1.165, 1.54) is 0 Å². The fourth-order valence-electron chi connectivity index (χ4n) is 2.25. The van der Waals surface area contributed by atoms with E-state index in [1.54, 1.807) is 0 Å². The highest BCUT2D eigenvalue weighted by Gasteiger charge is 2.26. The second kappa shape index (κ2) is 15.3. The first-order chi connectivity index (χ1) is 10.7. The monoisotopic (exact) mass is 427 g/mol. The molecule has 0 radical (unpaired) electrons. The Morgan fingerprint density at radius 3 is 1.13 bits per heavy atom. The van der Waals surface area contributed by atoms with E-state index in [4.69, 9.17) is 0 Å². The second-order valence-electron chi connectivity index (χ2n) is 4.75. The van der Waals surface area contributed by atoms with E-state index >= 15 is 0 Å². The lowest BCUT2D eigenvalue weighted by Crippen LogP contribution is -3.00. The molecule has 0 saturated heterocycles. The molecule has 0 aliphatic rings. The summed E-state index contributed by atoms with van der Waals surface area (Å²) in [7, 11) is 0. The van der Waals surface area contributed by atoms with Crippen LogP contribution >= 0.6 is 0 Å². The summed E-state index contributed by atoms with van der Waals surface area (Å²) in [6.07, 6.45) is 11.4. The maximum atomic E-state index is 3.86. The number of hydrogen-bond acceptors (Lipinski definition) is 0. The van der Waals surface area contributed by atoms with Crippen molar-refractivity contribution in [3.05, 3.63) is 75.9 Å². The van der Waals surface area contributed by atoms with Crippen LogP contribution in [0.4, 0.5) is 0 Å². The third-order valence-corrected chi connectivity index (χ3v) is 2.95. The van der Waals surface area contributed by atoms with Crippen molar-refractivity contribution in [1.29, 1.82) is 0 Å². The Labute approximate surface area is 159 Å². The van der Waals surface area contributed by atoms with Crippen LogP contribution in [0.25, 0.3) is 0 Å². The minimum atomic E-state index is 0. The smallest absolute Gasteiger partial charge is 0.352 e. The summed E-state index contributed by atoms with van der Waals surface area (Å²) in [6, 6.07) is 0. The Morgan fingerprint density at radius 1 is 0.609 bits per heavy atom. The molecule has 0 N–H and O–H groups in total. The van der Waals surface area contributed by atoms with Crippen molar-refractivity contribution < 1.29 is 28.6 Å². The van der Waals surface area contributed by atoms with Crippen molar-refractivity contribution in [3.8, 4) is 0 Å². The molecule has 3 nitrogen and oxygen atoms in total. The molecule has 0 unspecified atom stereocenters. The standard InChI is InChI=1S/C19H30N3.HI/c1-7-13-20(14-8-2)19(21(15-9-3)16-10-4)22(17-11-5)18-12-6;/h7-12H,1-6,13-18H2;1H/q+1;/p-1. The highest BCUT2D eigenvalue weighted by atomic mass is 127. The van der Waals surface area contributed by atoms with Crippen LogP contribution in [0.15, 0.2) is 75.9 Å². The summed E-state index contributed by atoms with van der Waals surface area (Å²) in [5, 5.41) is 0. The van der Waals surface area contributed by atoms with Gasteiger partial charge in [-0.05, 0) is 0 Å². The molecular formula is C19H30IN3. The van der Waals surface area contributed by atoms with E-state index < -0.39 is 0 Å². The Kier molecular flexibility index (Phi) is 15.8. The van der Waals surface area contributed by atoms with Crippen molar-refractivity contribution >= 4 is 5.96 Å². The highest BCUT2D eigenvalue weighted by Crippen LogP contribution is 2.03. The molecule has 0 saturated carbocycles. The molecule has 0 aromatic carbocycles. The summed E-state index contributed by atoms with van der Waals surface area (Å²) in [5.74, 6) is 1.08. The van der Waals surface area contributed by atoms with Gasteiger partial charge in [0.1, 0.15) is 0 Å². The van der Waals surface area contributed by atoms with Gasteiger partial charge in [0.25, 0.3) is 0 Å². The zero-order chi connectivity index (χ0) is 16.8. The Bertz CT molecular complexity index is 380. The van der Waals surface area contributed by atoms with Gasteiger partial charge in [-0.15, -0.1) is 0 Å². The summed E-state index contributed by atoms with van der Waals surface area (Å²) in [5.41, 5.74) is 0.